The maximum absolute atomic E-state index is 13.0. The number of nitrogens with zero attached hydrogens (tertiary/aromatic N) is 1. The lowest BCUT2D eigenvalue weighted by molar-refractivity contribution is -0.117. The number of halogens is 3. The highest BCUT2D eigenvalue weighted by Crippen LogP contribution is 2.24. The van der Waals surface area contributed by atoms with Crippen LogP contribution in [0.5, 0.6) is 5.75 Å². The Morgan fingerprint density at radius 3 is 2.67 bits per heavy atom. The Hall–Kier alpha value is -1.82. The molecule has 1 amide bonds. The minimum atomic E-state index is -0.455. The number of ether oxygens (including phenoxy) is 1. The molecule has 0 saturated carbocycles. The number of methoxy groups -OCH3 is 1. The molecule has 2 rings (SSSR count). The van der Waals surface area contributed by atoms with E-state index in [0.29, 0.717) is 23.0 Å². The van der Waals surface area contributed by atoms with Crippen molar-refractivity contribution < 1.29 is 13.9 Å². The molecule has 2 aromatic carbocycles. The van der Waals surface area contributed by atoms with Crippen molar-refractivity contribution in [2.75, 3.05) is 26.0 Å². The van der Waals surface area contributed by atoms with Crippen LogP contribution in [0.3, 0.4) is 0 Å². The van der Waals surface area contributed by atoms with E-state index >= 15 is 0 Å². The van der Waals surface area contributed by atoms with Gasteiger partial charge in [-0.15, -0.1) is 0 Å². The van der Waals surface area contributed by atoms with Gasteiger partial charge >= 0.3 is 0 Å². The number of hydrogen-bond donors (Lipinski definition) is 1. The van der Waals surface area contributed by atoms with Crippen molar-refractivity contribution in [3.05, 3.63) is 57.8 Å². The van der Waals surface area contributed by atoms with Crippen molar-refractivity contribution in [2.45, 2.75) is 6.54 Å². The monoisotopic (exact) mass is 370 g/mol. The van der Waals surface area contributed by atoms with Gasteiger partial charge in [0.2, 0.25) is 5.91 Å². The lowest BCUT2D eigenvalue weighted by Gasteiger charge is -2.18. The van der Waals surface area contributed by atoms with E-state index in [9.17, 15) is 9.18 Å². The van der Waals surface area contributed by atoms with Gasteiger partial charge in [-0.2, -0.15) is 0 Å². The van der Waals surface area contributed by atoms with Crippen LogP contribution in [0.15, 0.2) is 36.4 Å². The molecule has 0 aliphatic rings. The lowest BCUT2D eigenvalue weighted by atomic mass is 10.2. The molecule has 0 aliphatic heterocycles. The van der Waals surface area contributed by atoms with Gasteiger partial charge in [0.15, 0.2) is 0 Å². The van der Waals surface area contributed by atoms with Gasteiger partial charge in [-0.25, -0.2) is 4.39 Å². The van der Waals surface area contributed by atoms with E-state index in [1.807, 2.05) is 0 Å². The van der Waals surface area contributed by atoms with Crippen LogP contribution in [0.2, 0.25) is 10.0 Å². The highest BCUT2D eigenvalue weighted by atomic mass is 35.5. The van der Waals surface area contributed by atoms with Crippen molar-refractivity contribution in [3.63, 3.8) is 0 Å². The second-order valence-electron chi connectivity index (χ2n) is 5.30. The Bertz CT molecular complexity index is 741. The van der Waals surface area contributed by atoms with E-state index in [0.717, 1.165) is 11.6 Å². The van der Waals surface area contributed by atoms with Gasteiger partial charge in [-0.05, 0) is 43.4 Å². The fourth-order valence-corrected chi connectivity index (χ4v) is 2.65. The number of nitrogens with one attached hydrogen (secondary N) is 1. The second-order valence-corrected chi connectivity index (χ2v) is 6.14. The smallest absolute Gasteiger partial charge is 0.238 e. The number of benzene rings is 2. The van der Waals surface area contributed by atoms with Crippen molar-refractivity contribution in [3.8, 4) is 5.75 Å². The van der Waals surface area contributed by atoms with Gasteiger partial charge < -0.3 is 10.1 Å². The molecule has 128 valence electrons. The second kappa shape index (κ2) is 8.33. The van der Waals surface area contributed by atoms with Crippen molar-refractivity contribution in [2.24, 2.45) is 0 Å². The van der Waals surface area contributed by atoms with Crippen LogP contribution in [-0.2, 0) is 11.3 Å². The van der Waals surface area contributed by atoms with Gasteiger partial charge in [0.25, 0.3) is 0 Å². The van der Waals surface area contributed by atoms with Gasteiger partial charge in [0.05, 0.1) is 24.4 Å². The van der Waals surface area contributed by atoms with E-state index in [2.05, 4.69) is 5.32 Å². The molecule has 0 heterocycles. The predicted octanol–water partition coefficient (Wildman–Crippen LogP) is 4.21. The molecule has 0 fully saturated rings. The largest absolute Gasteiger partial charge is 0.496 e. The molecule has 0 bridgehead atoms. The predicted molar refractivity (Wildman–Crippen MR) is 94.4 cm³/mol. The molecule has 0 aliphatic carbocycles. The van der Waals surface area contributed by atoms with Crippen molar-refractivity contribution >= 4 is 34.8 Å². The average Bonchev–Trinajstić information content (AvgIpc) is 2.50. The summed E-state index contributed by atoms with van der Waals surface area (Å²) >= 11 is 11.9. The zero-order valence-electron chi connectivity index (χ0n) is 13.3. The first-order valence-electron chi connectivity index (χ1n) is 7.15. The third-order valence-corrected chi connectivity index (χ3v) is 3.85. The third kappa shape index (κ3) is 5.09. The van der Waals surface area contributed by atoms with E-state index in [1.54, 1.807) is 37.3 Å². The third-order valence-electron chi connectivity index (χ3n) is 3.30. The zero-order valence-corrected chi connectivity index (χ0v) is 14.8. The van der Waals surface area contributed by atoms with Crippen LogP contribution >= 0.6 is 23.2 Å². The molecule has 1 N–H and O–H groups in total. The normalized spacial score (nSPS) is 10.8. The quantitative estimate of drug-likeness (QED) is 0.827. The minimum Gasteiger partial charge on any atom is -0.496 e. The topological polar surface area (TPSA) is 41.6 Å². The Kier molecular flexibility index (Phi) is 6.43. The first-order chi connectivity index (χ1) is 11.4. The molecule has 0 radical (unpaired) electrons. The first kappa shape index (κ1) is 18.5. The summed E-state index contributed by atoms with van der Waals surface area (Å²) in [5.41, 5.74) is 1.25. The minimum absolute atomic E-state index is 0.128. The molecular formula is C17H17Cl2FN2O2. The summed E-state index contributed by atoms with van der Waals surface area (Å²) in [5, 5.41) is 3.41. The van der Waals surface area contributed by atoms with Crippen LogP contribution in [0.4, 0.5) is 10.1 Å². The van der Waals surface area contributed by atoms with E-state index in [1.165, 1.54) is 12.1 Å². The van der Waals surface area contributed by atoms with Gasteiger partial charge in [-0.3, -0.25) is 9.69 Å². The molecule has 0 aromatic heterocycles. The van der Waals surface area contributed by atoms with Gasteiger partial charge in [0, 0.05) is 17.1 Å². The highest BCUT2D eigenvalue weighted by Gasteiger charge is 2.12. The van der Waals surface area contributed by atoms with Crippen LogP contribution in [0.25, 0.3) is 0 Å². The average molecular weight is 371 g/mol. The Balaban J connectivity index is 1.98. The maximum atomic E-state index is 13.0. The summed E-state index contributed by atoms with van der Waals surface area (Å²) in [5.74, 6) is -0.0107. The summed E-state index contributed by atoms with van der Waals surface area (Å²) < 4.78 is 18.3. The number of likely N-dealkylation sites (N-methyl/N-ethyl adjacent to an activating group) is 1. The van der Waals surface area contributed by atoms with E-state index < -0.39 is 5.82 Å². The number of carbonyl (C=O) groups excluding carboxylic acids is 1. The summed E-state index contributed by atoms with van der Waals surface area (Å²) in [4.78, 5) is 13.9. The van der Waals surface area contributed by atoms with Crippen molar-refractivity contribution in [1.29, 1.82) is 0 Å². The molecule has 2 aromatic rings. The Morgan fingerprint density at radius 2 is 2.00 bits per heavy atom. The van der Waals surface area contributed by atoms with E-state index in [4.69, 9.17) is 27.9 Å². The molecule has 0 atom stereocenters. The molecule has 0 saturated heterocycles. The van der Waals surface area contributed by atoms with Crippen LogP contribution in [-0.4, -0.2) is 31.5 Å². The molecule has 0 unspecified atom stereocenters. The molecule has 0 spiro atoms. The molecular weight excluding hydrogens is 354 g/mol. The fraction of sp³-hybridized carbons (Fsp3) is 0.235. The SMILES string of the molecule is COc1ccc(Cl)cc1CN(C)CC(=O)Nc1ccc(F)cc1Cl. The van der Waals surface area contributed by atoms with Crippen LogP contribution in [0.1, 0.15) is 5.56 Å². The number of amides is 1. The number of hydrogen-bond acceptors (Lipinski definition) is 3. The van der Waals surface area contributed by atoms with Crippen molar-refractivity contribution in [1.82, 2.24) is 4.90 Å². The summed E-state index contributed by atoms with van der Waals surface area (Å²) in [6, 6.07) is 9.14. The summed E-state index contributed by atoms with van der Waals surface area (Å²) in [6.45, 7) is 0.609. The first-order valence-corrected chi connectivity index (χ1v) is 7.90. The molecule has 7 heteroatoms. The number of anilines is 1. The fourth-order valence-electron chi connectivity index (χ4n) is 2.24. The Morgan fingerprint density at radius 1 is 1.25 bits per heavy atom. The van der Waals surface area contributed by atoms with Gasteiger partial charge in [0.1, 0.15) is 11.6 Å². The summed E-state index contributed by atoms with van der Waals surface area (Å²) in [6.07, 6.45) is 0. The van der Waals surface area contributed by atoms with Crippen LogP contribution < -0.4 is 10.1 Å². The molecule has 4 nitrogen and oxygen atoms in total. The van der Waals surface area contributed by atoms with Crippen LogP contribution in [0, 0.1) is 5.82 Å². The lowest BCUT2D eigenvalue weighted by Crippen LogP contribution is -2.30. The number of carbonyl (C=O) groups is 1. The standard InChI is InChI=1S/C17H17Cl2FN2O2/c1-22(9-11-7-12(18)3-6-16(11)24-2)10-17(23)21-15-5-4-13(20)8-14(15)19/h3-8H,9-10H2,1-2H3,(H,21,23). The Labute approximate surface area is 150 Å². The molecule has 24 heavy (non-hydrogen) atoms. The highest BCUT2D eigenvalue weighted by molar-refractivity contribution is 6.33. The zero-order chi connectivity index (χ0) is 17.7. The van der Waals surface area contributed by atoms with E-state index in [-0.39, 0.29) is 17.5 Å². The van der Waals surface area contributed by atoms with Gasteiger partial charge in [-0.1, -0.05) is 23.2 Å². The number of rotatable bonds is 6. The maximum Gasteiger partial charge on any atom is 0.238 e. The summed E-state index contributed by atoms with van der Waals surface area (Å²) in [7, 11) is 3.38.